The fourth-order valence-electron chi connectivity index (χ4n) is 2.54. The lowest BCUT2D eigenvalue weighted by Gasteiger charge is -2.12. The monoisotopic (exact) mass is 310 g/mol. The topological polar surface area (TPSA) is 99.6 Å². The van der Waals surface area contributed by atoms with Gasteiger partial charge in [-0.25, -0.2) is 0 Å². The first kappa shape index (κ1) is 15.1. The minimum Gasteiger partial charge on any atom is -0.397 e. The van der Waals surface area contributed by atoms with Crippen LogP contribution >= 0.6 is 0 Å². The van der Waals surface area contributed by atoms with Gasteiger partial charge in [0, 0.05) is 5.56 Å². The number of nitrogens with zero attached hydrogens (tertiary/aromatic N) is 2. The third-order valence-electron chi connectivity index (χ3n) is 3.88. The molecule has 3 aromatic rings. The third kappa shape index (κ3) is 2.77. The van der Waals surface area contributed by atoms with Crippen LogP contribution in [0.2, 0.25) is 0 Å². The average molecular weight is 310 g/mol. The number of rotatable bonds is 2. The molecular formula is C20H14N4. The van der Waals surface area contributed by atoms with Gasteiger partial charge in [0.2, 0.25) is 0 Å². The van der Waals surface area contributed by atoms with Gasteiger partial charge >= 0.3 is 0 Å². The first-order valence-electron chi connectivity index (χ1n) is 7.32. The summed E-state index contributed by atoms with van der Waals surface area (Å²) in [7, 11) is 0. The highest BCUT2D eigenvalue weighted by Gasteiger charge is 2.10. The molecule has 3 aromatic carbocycles. The van der Waals surface area contributed by atoms with Crippen LogP contribution in [0.1, 0.15) is 11.1 Å². The van der Waals surface area contributed by atoms with Crippen LogP contribution in [0, 0.1) is 22.7 Å². The van der Waals surface area contributed by atoms with Crippen molar-refractivity contribution in [2.24, 2.45) is 0 Å². The summed E-state index contributed by atoms with van der Waals surface area (Å²) in [6, 6.07) is 22.5. The van der Waals surface area contributed by atoms with Crippen molar-refractivity contribution in [3.05, 3.63) is 71.8 Å². The molecule has 0 aliphatic heterocycles. The molecule has 0 saturated carbocycles. The molecule has 3 rings (SSSR count). The van der Waals surface area contributed by atoms with E-state index in [0.717, 1.165) is 22.3 Å². The SMILES string of the molecule is N#Cc1ccc(-c2cc(N)c(N)c(-c3ccc(C#N)cc3)c2)cc1. The van der Waals surface area contributed by atoms with Crippen molar-refractivity contribution in [1.82, 2.24) is 0 Å². The van der Waals surface area contributed by atoms with Crippen LogP contribution in [0.5, 0.6) is 0 Å². The zero-order chi connectivity index (χ0) is 17.1. The second-order valence-electron chi connectivity index (χ2n) is 5.41. The maximum Gasteiger partial charge on any atom is 0.0991 e. The lowest BCUT2D eigenvalue weighted by Crippen LogP contribution is -1.98. The summed E-state index contributed by atoms with van der Waals surface area (Å²) < 4.78 is 0. The zero-order valence-electron chi connectivity index (χ0n) is 12.8. The number of hydrogen-bond donors (Lipinski definition) is 2. The van der Waals surface area contributed by atoms with Gasteiger partial charge in [-0.05, 0) is 53.1 Å². The fourth-order valence-corrected chi connectivity index (χ4v) is 2.54. The fraction of sp³-hybridized carbons (Fsp3) is 0. The molecule has 0 aliphatic rings. The van der Waals surface area contributed by atoms with Gasteiger partial charge in [-0.15, -0.1) is 0 Å². The van der Waals surface area contributed by atoms with Crippen LogP contribution in [0.4, 0.5) is 11.4 Å². The van der Waals surface area contributed by atoms with Gasteiger partial charge in [-0.2, -0.15) is 10.5 Å². The van der Waals surface area contributed by atoms with Gasteiger partial charge in [0.1, 0.15) is 0 Å². The van der Waals surface area contributed by atoms with Crippen LogP contribution in [-0.2, 0) is 0 Å². The van der Waals surface area contributed by atoms with E-state index in [9.17, 15) is 0 Å². The van der Waals surface area contributed by atoms with Crippen LogP contribution < -0.4 is 11.5 Å². The second-order valence-corrected chi connectivity index (χ2v) is 5.41. The van der Waals surface area contributed by atoms with Crippen LogP contribution in [0.3, 0.4) is 0 Å². The van der Waals surface area contributed by atoms with Gasteiger partial charge in [0.25, 0.3) is 0 Å². The van der Waals surface area contributed by atoms with Gasteiger partial charge in [0.05, 0.1) is 34.6 Å². The molecule has 114 valence electrons. The number of nitrogens with two attached hydrogens (primary N) is 2. The molecule has 0 atom stereocenters. The second kappa shape index (κ2) is 6.16. The molecular weight excluding hydrogens is 296 g/mol. The Morgan fingerprint density at radius 1 is 0.625 bits per heavy atom. The van der Waals surface area contributed by atoms with Crippen molar-refractivity contribution in [3.63, 3.8) is 0 Å². The van der Waals surface area contributed by atoms with E-state index in [0.29, 0.717) is 22.5 Å². The molecule has 0 unspecified atom stereocenters. The van der Waals surface area contributed by atoms with Crippen LogP contribution in [0.15, 0.2) is 60.7 Å². The molecule has 4 N–H and O–H groups in total. The Morgan fingerprint density at radius 3 is 1.62 bits per heavy atom. The molecule has 0 radical (unpaired) electrons. The van der Waals surface area contributed by atoms with E-state index >= 15 is 0 Å². The normalized spacial score (nSPS) is 9.92. The highest BCUT2D eigenvalue weighted by Crippen LogP contribution is 2.35. The van der Waals surface area contributed by atoms with Crippen molar-refractivity contribution in [2.75, 3.05) is 11.5 Å². The molecule has 0 heterocycles. The van der Waals surface area contributed by atoms with Crippen molar-refractivity contribution in [2.45, 2.75) is 0 Å². The molecule has 4 heteroatoms. The van der Waals surface area contributed by atoms with Crippen molar-refractivity contribution in [3.8, 4) is 34.4 Å². The van der Waals surface area contributed by atoms with E-state index in [1.165, 1.54) is 0 Å². The Bertz CT molecular complexity index is 972. The number of nitriles is 2. The predicted molar refractivity (Wildman–Crippen MR) is 95.6 cm³/mol. The van der Waals surface area contributed by atoms with Gasteiger partial charge in [-0.1, -0.05) is 24.3 Å². The summed E-state index contributed by atoms with van der Waals surface area (Å²) in [5.41, 5.74) is 18.0. The number of anilines is 2. The Morgan fingerprint density at radius 2 is 1.12 bits per heavy atom. The first-order chi connectivity index (χ1) is 11.6. The van der Waals surface area contributed by atoms with Crippen molar-refractivity contribution in [1.29, 1.82) is 10.5 Å². The summed E-state index contributed by atoms with van der Waals surface area (Å²) in [6.45, 7) is 0. The zero-order valence-corrected chi connectivity index (χ0v) is 12.8. The Balaban J connectivity index is 2.11. The lowest BCUT2D eigenvalue weighted by atomic mass is 9.95. The molecule has 0 amide bonds. The minimum absolute atomic E-state index is 0.496. The maximum absolute atomic E-state index is 8.92. The lowest BCUT2D eigenvalue weighted by molar-refractivity contribution is 1.48. The van der Waals surface area contributed by atoms with E-state index < -0.39 is 0 Å². The minimum atomic E-state index is 0.496. The molecule has 0 fully saturated rings. The quantitative estimate of drug-likeness (QED) is 0.700. The standard InChI is InChI=1S/C20H14N4/c21-11-13-1-5-15(6-2-13)17-9-18(20(24)19(23)10-17)16-7-3-14(12-22)4-8-16/h1-10H,23-24H2. The van der Waals surface area contributed by atoms with Crippen LogP contribution in [-0.4, -0.2) is 0 Å². The average Bonchev–Trinajstić information content (AvgIpc) is 2.64. The highest BCUT2D eigenvalue weighted by molar-refractivity contribution is 5.89. The summed E-state index contributed by atoms with van der Waals surface area (Å²) in [5, 5.41) is 17.8. The summed E-state index contributed by atoms with van der Waals surface area (Å²) in [6.07, 6.45) is 0. The number of benzene rings is 3. The number of hydrogen-bond acceptors (Lipinski definition) is 4. The Kier molecular flexibility index (Phi) is 3.89. The first-order valence-corrected chi connectivity index (χ1v) is 7.32. The summed E-state index contributed by atoms with van der Waals surface area (Å²) >= 11 is 0. The molecule has 4 nitrogen and oxygen atoms in total. The summed E-state index contributed by atoms with van der Waals surface area (Å²) in [4.78, 5) is 0. The molecule has 24 heavy (non-hydrogen) atoms. The highest BCUT2D eigenvalue weighted by atomic mass is 14.7. The number of nitrogen functional groups attached to an aromatic ring is 2. The van der Waals surface area contributed by atoms with Gasteiger partial charge in [0.15, 0.2) is 0 Å². The van der Waals surface area contributed by atoms with Crippen molar-refractivity contribution < 1.29 is 0 Å². The molecule has 0 saturated heterocycles. The largest absolute Gasteiger partial charge is 0.397 e. The van der Waals surface area contributed by atoms with E-state index in [2.05, 4.69) is 12.1 Å². The predicted octanol–water partition coefficient (Wildman–Crippen LogP) is 3.93. The van der Waals surface area contributed by atoms with Crippen molar-refractivity contribution >= 4 is 11.4 Å². The Hall–Kier alpha value is -3.76. The molecule has 0 aliphatic carbocycles. The molecule has 0 aromatic heterocycles. The van der Waals surface area contributed by atoms with E-state index in [1.807, 2.05) is 36.4 Å². The molecule has 0 spiro atoms. The molecule has 0 bridgehead atoms. The van der Waals surface area contributed by atoms with Gasteiger partial charge < -0.3 is 11.5 Å². The summed E-state index contributed by atoms with van der Waals surface area (Å²) in [5.74, 6) is 0. The van der Waals surface area contributed by atoms with E-state index in [4.69, 9.17) is 22.0 Å². The Labute approximate surface area is 140 Å². The van der Waals surface area contributed by atoms with Crippen LogP contribution in [0.25, 0.3) is 22.3 Å². The smallest absolute Gasteiger partial charge is 0.0991 e. The van der Waals surface area contributed by atoms with Gasteiger partial charge in [-0.3, -0.25) is 0 Å². The third-order valence-corrected chi connectivity index (χ3v) is 3.88. The maximum atomic E-state index is 8.92. The van der Waals surface area contributed by atoms with E-state index in [-0.39, 0.29) is 0 Å². The van der Waals surface area contributed by atoms with E-state index in [1.54, 1.807) is 24.3 Å².